The van der Waals surface area contributed by atoms with Gasteiger partial charge in [0.05, 0.1) is 16.8 Å². The summed E-state index contributed by atoms with van der Waals surface area (Å²) in [5, 5.41) is 0.745. The van der Waals surface area contributed by atoms with E-state index >= 15 is 0 Å². The van der Waals surface area contributed by atoms with Crippen molar-refractivity contribution in [2.75, 3.05) is 4.90 Å². The third-order valence-corrected chi connectivity index (χ3v) is 7.07. The Labute approximate surface area is 204 Å². The minimum Gasteiger partial charge on any atom is -0.284 e. The fourth-order valence-corrected chi connectivity index (χ4v) is 5.33. The Morgan fingerprint density at radius 2 is 1.41 bits per heavy atom. The Morgan fingerprint density at radius 1 is 0.824 bits per heavy atom. The molecule has 0 unspecified atom stereocenters. The summed E-state index contributed by atoms with van der Waals surface area (Å²) in [6.45, 7) is 2.57. The number of thiazole rings is 1. The fraction of sp³-hybridized carbons (Fsp3) is 0.133. The monoisotopic (exact) mass is 462 g/mol. The molecule has 1 amide bonds. The average molecular weight is 463 g/mol. The summed E-state index contributed by atoms with van der Waals surface area (Å²) in [5.41, 5.74) is 5.49. The summed E-state index contributed by atoms with van der Waals surface area (Å²) < 4.78 is 1.10. The first kappa shape index (κ1) is 22.1. The Kier molecular flexibility index (Phi) is 6.50. The van der Waals surface area contributed by atoms with E-state index in [0.717, 1.165) is 32.0 Å². The first-order valence-electron chi connectivity index (χ1n) is 11.5. The third kappa shape index (κ3) is 4.92. The number of carbonyl (C=O) groups excluding carboxylic acids is 1. The van der Waals surface area contributed by atoms with Crippen molar-refractivity contribution in [1.29, 1.82) is 0 Å². The van der Waals surface area contributed by atoms with Crippen LogP contribution in [0.5, 0.6) is 0 Å². The number of benzene rings is 4. The van der Waals surface area contributed by atoms with E-state index in [1.165, 1.54) is 5.56 Å². The van der Waals surface area contributed by atoms with Gasteiger partial charge in [-0.05, 0) is 41.3 Å². The van der Waals surface area contributed by atoms with Crippen LogP contribution in [-0.2, 0) is 11.3 Å². The number of hydrogen-bond donors (Lipinski definition) is 0. The first-order chi connectivity index (χ1) is 16.7. The molecule has 1 heterocycles. The lowest BCUT2D eigenvalue weighted by atomic mass is 9.88. The molecule has 5 rings (SSSR count). The molecule has 0 fully saturated rings. The topological polar surface area (TPSA) is 33.2 Å². The van der Waals surface area contributed by atoms with E-state index in [1.54, 1.807) is 11.3 Å². The number of aromatic nitrogens is 1. The lowest BCUT2D eigenvalue weighted by Crippen LogP contribution is -2.31. The first-order valence-corrected chi connectivity index (χ1v) is 12.3. The maximum atomic E-state index is 13.9. The number of carbonyl (C=O) groups is 1. The van der Waals surface area contributed by atoms with Gasteiger partial charge in [0.15, 0.2) is 5.13 Å². The summed E-state index contributed by atoms with van der Waals surface area (Å²) in [5.74, 6) is 0.0436. The highest BCUT2D eigenvalue weighted by molar-refractivity contribution is 7.22. The molecule has 0 N–H and O–H groups in total. The van der Waals surface area contributed by atoms with Crippen molar-refractivity contribution in [2.24, 2.45) is 0 Å². The van der Waals surface area contributed by atoms with Gasteiger partial charge in [-0.15, -0.1) is 0 Å². The highest BCUT2D eigenvalue weighted by Crippen LogP contribution is 2.34. The number of fused-ring (bicyclic) bond motifs is 1. The molecule has 0 radical (unpaired) electrons. The van der Waals surface area contributed by atoms with Crippen molar-refractivity contribution >= 4 is 32.6 Å². The number of nitrogens with zero attached hydrogens (tertiary/aromatic N) is 2. The van der Waals surface area contributed by atoms with Crippen molar-refractivity contribution in [3.05, 3.63) is 131 Å². The standard InChI is InChI=1S/C30H26N2OS/c1-22-17-18-27-28(19-22)34-30(31-27)32(21-23-11-5-2-6-12-23)29(33)20-26(24-13-7-3-8-14-24)25-15-9-4-10-16-25/h2-19,26H,20-21H2,1H3. The zero-order valence-electron chi connectivity index (χ0n) is 19.1. The molecule has 0 saturated heterocycles. The summed E-state index contributed by atoms with van der Waals surface area (Å²) in [4.78, 5) is 20.6. The number of aryl methyl sites for hydroxylation is 1. The van der Waals surface area contributed by atoms with E-state index < -0.39 is 0 Å². The van der Waals surface area contributed by atoms with Crippen LogP contribution in [0.4, 0.5) is 5.13 Å². The van der Waals surface area contributed by atoms with E-state index in [-0.39, 0.29) is 11.8 Å². The summed E-state index contributed by atoms with van der Waals surface area (Å²) >= 11 is 1.58. The molecule has 0 saturated carbocycles. The maximum absolute atomic E-state index is 13.9. The minimum atomic E-state index is -0.0233. The molecule has 34 heavy (non-hydrogen) atoms. The SMILES string of the molecule is Cc1ccc2nc(N(Cc3ccccc3)C(=O)CC(c3ccccc3)c3ccccc3)sc2c1. The molecule has 3 nitrogen and oxygen atoms in total. The second kappa shape index (κ2) is 10.0. The van der Waals surface area contributed by atoms with E-state index in [4.69, 9.17) is 4.98 Å². The lowest BCUT2D eigenvalue weighted by Gasteiger charge is -2.24. The molecule has 5 aromatic rings. The van der Waals surface area contributed by atoms with Crippen LogP contribution in [-0.4, -0.2) is 10.9 Å². The largest absolute Gasteiger partial charge is 0.284 e. The normalized spacial score (nSPS) is 11.1. The molecule has 0 aliphatic carbocycles. The lowest BCUT2D eigenvalue weighted by molar-refractivity contribution is -0.119. The molecule has 0 aliphatic rings. The van der Waals surface area contributed by atoms with E-state index in [2.05, 4.69) is 55.5 Å². The Balaban J connectivity index is 1.52. The minimum absolute atomic E-state index is 0.0233. The van der Waals surface area contributed by atoms with Crippen LogP contribution in [0.1, 0.15) is 34.6 Å². The number of amides is 1. The highest BCUT2D eigenvalue weighted by Gasteiger charge is 2.25. The van der Waals surface area contributed by atoms with Gasteiger partial charge in [-0.3, -0.25) is 9.69 Å². The Bertz CT molecular complexity index is 1340. The molecular weight excluding hydrogens is 436 g/mol. The van der Waals surface area contributed by atoms with Crippen LogP contribution in [0.25, 0.3) is 10.2 Å². The van der Waals surface area contributed by atoms with Crippen LogP contribution in [0.15, 0.2) is 109 Å². The number of rotatable bonds is 7. The fourth-order valence-electron chi connectivity index (χ4n) is 4.25. The summed E-state index contributed by atoms with van der Waals surface area (Å²) in [7, 11) is 0. The van der Waals surface area contributed by atoms with Crippen molar-refractivity contribution in [3.63, 3.8) is 0 Å². The van der Waals surface area contributed by atoms with Crippen LogP contribution >= 0.6 is 11.3 Å². The van der Waals surface area contributed by atoms with Gasteiger partial charge < -0.3 is 0 Å². The molecule has 4 aromatic carbocycles. The van der Waals surface area contributed by atoms with Crippen molar-refractivity contribution < 1.29 is 4.79 Å². The second-order valence-electron chi connectivity index (χ2n) is 8.51. The van der Waals surface area contributed by atoms with Crippen molar-refractivity contribution in [3.8, 4) is 0 Å². The van der Waals surface area contributed by atoms with Gasteiger partial charge in [0.1, 0.15) is 0 Å². The summed E-state index contributed by atoms with van der Waals surface area (Å²) in [6.07, 6.45) is 0.371. The van der Waals surface area contributed by atoms with Crippen LogP contribution < -0.4 is 4.90 Å². The second-order valence-corrected chi connectivity index (χ2v) is 9.52. The van der Waals surface area contributed by atoms with Crippen LogP contribution in [0, 0.1) is 6.92 Å². The number of anilines is 1. The van der Waals surface area contributed by atoms with Gasteiger partial charge in [-0.2, -0.15) is 0 Å². The average Bonchev–Trinajstić information content (AvgIpc) is 3.30. The van der Waals surface area contributed by atoms with Gasteiger partial charge in [0, 0.05) is 12.3 Å². The molecule has 168 valence electrons. The van der Waals surface area contributed by atoms with E-state index in [0.29, 0.717) is 13.0 Å². The summed E-state index contributed by atoms with van der Waals surface area (Å²) in [6, 6.07) is 37.0. The molecule has 4 heteroatoms. The van der Waals surface area contributed by atoms with Crippen molar-refractivity contribution in [1.82, 2.24) is 4.98 Å². The van der Waals surface area contributed by atoms with Gasteiger partial charge in [0.2, 0.25) is 5.91 Å². The molecule has 0 atom stereocenters. The van der Waals surface area contributed by atoms with Gasteiger partial charge >= 0.3 is 0 Å². The van der Waals surface area contributed by atoms with Crippen LogP contribution in [0.3, 0.4) is 0 Å². The highest BCUT2D eigenvalue weighted by atomic mass is 32.1. The number of hydrogen-bond acceptors (Lipinski definition) is 3. The molecular formula is C30H26N2OS. The van der Waals surface area contributed by atoms with E-state index in [9.17, 15) is 4.79 Å². The smallest absolute Gasteiger partial charge is 0.230 e. The quantitative estimate of drug-likeness (QED) is 0.253. The van der Waals surface area contributed by atoms with E-state index in [1.807, 2.05) is 65.6 Å². The third-order valence-electron chi connectivity index (χ3n) is 6.03. The zero-order valence-corrected chi connectivity index (χ0v) is 19.9. The molecule has 0 bridgehead atoms. The van der Waals surface area contributed by atoms with Crippen LogP contribution in [0.2, 0.25) is 0 Å². The zero-order chi connectivity index (χ0) is 23.3. The molecule has 0 aliphatic heterocycles. The predicted molar refractivity (Wildman–Crippen MR) is 141 cm³/mol. The van der Waals surface area contributed by atoms with Gasteiger partial charge in [-0.1, -0.05) is 108 Å². The predicted octanol–water partition coefficient (Wildman–Crippen LogP) is 7.36. The van der Waals surface area contributed by atoms with Gasteiger partial charge in [-0.25, -0.2) is 4.98 Å². The van der Waals surface area contributed by atoms with Gasteiger partial charge in [0.25, 0.3) is 0 Å². The van der Waals surface area contributed by atoms with Crippen molar-refractivity contribution in [2.45, 2.75) is 25.8 Å². The Hall–Kier alpha value is -3.76. The maximum Gasteiger partial charge on any atom is 0.230 e. The molecule has 1 aromatic heterocycles. The Morgan fingerprint density at radius 3 is 2.03 bits per heavy atom. The molecule has 0 spiro atoms.